The number of likely N-dealkylation sites (tertiary alicyclic amines) is 1. The van der Waals surface area contributed by atoms with E-state index >= 15 is 0 Å². The summed E-state index contributed by atoms with van der Waals surface area (Å²) in [5.41, 5.74) is 0. The largest absolute Gasteiger partial charge is 0.451 e. The van der Waals surface area contributed by atoms with Crippen LogP contribution in [-0.2, 0) is 19.1 Å². The fourth-order valence-corrected chi connectivity index (χ4v) is 2.36. The number of ether oxygens (including phenoxy) is 2. The van der Waals surface area contributed by atoms with Gasteiger partial charge >= 0.3 is 5.97 Å². The van der Waals surface area contributed by atoms with Crippen molar-refractivity contribution in [3.8, 4) is 0 Å². The predicted octanol–water partition coefficient (Wildman–Crippen LogP) is 2.63. The Hall–Kier alpha value is -1.10. The maximum Gasteiger partial charge on any atom is 0.335 e. The molecule has 128 valence electrons. The molecule has 1 aliphatic rings. The van der Waals surface area contributed by atoms with E-state index in [9.17, 15) is 9.59 Å². The number of carbonyl (C=O) groups is 2. The smallest absolute Gasteiger partial charge is 0.335 e. The van der Waals surface area contributed by atoms with E-state index in [1.165, 1.54) is 0 Å². The molecule has 0 aliphatic carbocycles. The topological polar surface area (TPSA) is 55.8 Å². The quantitative estimate of drug-likeness (QED) is 0.678. The number of hydrogen-bond donors (Lipinski definition) is 0. The number of esters is 1. The Balaban J connectivity index is 2.34. The molecule has 5 heteroatoms. The van der Waals surface area contributed by atoms with Crippen molar-refractivity contribution >= 4 is 11.9 Å². The SMILES string of the molecule is CC(C)CCOC(C)C(=O)OC(C)C(=O)N1CCC(C)CC1. The van der Waals surface area contributed by atoms with Crippen molar-refractivity contribution in [2.24, 2.45) is 11.8 Å². The first-order valence-corrected chi connectivity index (χ1v) is 8.42. The van der Waals surface area contributed by atoms with Gasteiger partial charge in [0.1, 0.15) is 0 Å². The van der Waals surface area contributed by atoms with Crippen LogP contribution in [0, 0.1) is 11.8 Å². The summed E-state index contributed by atoms with van der Waals surface area (Å²) in [5.74, 6) is 0.631. The molecule has 0 aromatic rings. The zero-order chi connectivity index (χ0) is 16.7. The first kappa shape index (κ1) is 18.9. The normalized spacial score (nSPS) is 19.1. The summed E-state index contributed by atoms with van der Waals surface area (Å²) in [6, 6.07) is 0. The molecule has 0 radical (unpaired) electrons. The second-order valence-electron chi connectivity index (χ2n) is 6.78. The van der Waals surface area contributed by atoms with E-state index in [1.54, 1.807) is 18.7 Å². The maximum absolute atomic E-state index is 12.3. The minimum absolute atomic E-state index is 0.102. The first-order chi connectivity index (χ1) is 10.3. The summed E-state index contributed by atoms with van der Waals surface area (Å²) in [6.07, 6.45) is 1.56. The number of rotatable bonds is 7. The van der Waals surface area contributed by atoms with Crippen LogP contribution in [0.4, 0.5) is 0 Å². The lowest BCUT2D eigenvalue weighted by atomic mass is 9.99. The van der Waals surface area contributed by atoms with Crippen molar-refractivity contribution in [3.05, 3.63) is 0 Å². The van der Waals surface area contributed by atoms with Crippen molar-refractivity contribution in [1.29, 1.82) is 0 Å². The molecular formula is C17H31NO4. The van der Waals surface area contributed by atoms with Crippen LogP contribution in [-0.4, -0.2) is 48.7 Å². The Kier molecular flexibility index (Phi) is 7.87. The summed E-state index contributed by atoms with van der Waals surface area (Å²) >= 11 is 0. The third kappa shape index (κ3) is 6.34. The molecule has 2 atom stereocenters. The third-order valence-electron chi connectivity index (χ3n) is 4.13. The second kappa shape index (κ2) is 9.13. The van der Waals surface area contributed by atoms with E-state index in [-0.39, 0.29) is 5.91 Å². The van der Waals surface area contributed by atoms with Crippen LogP contribution in [0.5, 0.6) is 0 Å². The third-order valence-corrected chi connectivity index (χ3v) is 4.13. The standard InChI is InChI=1S/C17H31NO4/c1-12(2)8-11-21-15(5)17(20)22-14(4)16(19)18-9-6-13(3)7-10-18/h12-15H,6-11H2,1-5H3. The van der Waals surface area contributed by atoms with E-state index in [4.69, 9.17) is 9.47 Å². The zero-order valence-corrected chi connectivity index (χ0v) is 14.6. The minimum atomic E-state index is -0.739. The fraction of sp³-hybridized carbons (Fsp3) is 0.882. The van der Waals surface area contributed by atoms with E-state index in [0.29, 0.717) is 18.4 Å². The molecular weight excluding hydrogens is 282 g/mol. The fourth-order valence-electron chi connectivity index (χ4n) is 2.36. The van der Waals surface area contributed by atoms with Gasteiger partial charge in [-0.3, -0.25) is 4.79 Å². The van der Waals surface area contributed by atoms with Gasteiger partial charge in [-0.15, -0.1) is 0 Å². The van der Waals surface area contributed by atoms with Crippen molar-refractivity contribution in [2.75, 3.05) is 19.7 Å². The summed E-state index contributed by atoms with van der Waals surface area (Å²) < 4.78 is 10.7. The van der Waals surface area contributed by atoms with Crippen LogP contribution in [0.25, 0.3) is 0 Å². The van der Waals surface area contributed by atoms with Gasteiger partial charge in [-0.1, -0.05) is 20.8 Å². The number of hydrogen-bond acceptors (Lipinski definition) is 4. The van der Waals surface area contributed by atoms with Crippen molar-refractivity contribution in [2.45, 2.75) is 66.1 Å². The Morgan fingerprint density at radius 2 is 1.68 bits per heavy atom. The molecule has 0 bridgehead atoms. The van der Waals surface area contributed by atoms with Gasteiger partial charge in [0.15, 0.2) is 12.2 Å². The molecule has 1 rings (SSSR count). The molecule has 1 heterocycles. The molecule has 2 unspecified atom stereocenters. The van der Waals surface area contributed by atoms with Gasteiger partial charge in [-0.05, 0) is 44.9 Å². The number of nitrogens with zero attached hydrogens (tertiary/aromatic N) is 1. The van der Waals surface area contributed by atoms with Gasteiger partial charge < -0.3 is 14.4 Å². The van der Waals surface area contributed by atoms with Crippen LogP contribution in [0.1, 0.15) is 53.9 Å². The Morgan fingerprint density at radius 3 is 2.23 bits per heavy atom. The van der Waals surface area contributed by atoms with Crippen LogP contribution in [0.15, 0.2) is 0 Å². The molecule has 1 aliphatic heterocycles. The van der Waals surface area contributed by atoms with E-state index in [2.05, 4.69) is 20.8 Å². The summed E-state index contributed by atoms with van der Waals surface area (Å²) in [7, 11) is 0. The van der Waals surface area contributed by atoms with Crippen LogP contribution in [0.3, 0.4) is 0 Å². The van der Waals surface area contributed by atoms with Gasteiger partial charge in [0.2, 0.25) is 0 Å². The molecule has 1 saturated heterocycles. The second-order valence-corrected chi connectivity index (χ2v) is 6.78. The van der Waals surface area contributed by atoms with Gasteiger partial charge in [0.25, 0.3) is 5.91 Å². The lowest BCUT2D eigenvalue weighted by molar-refractivity contribution is -0.168. The van der Waals surface area contributed by atoms with Crippen molar-refractivity contribution < 1.29 is 19.1 Å². The highest BCUT2D eigenvalue weighted by atomic mass is 16.6. The summed E-state index contributed by atoms with van der Waals surface area (Å²) in [4.78, 5) is 26.0. The molecule has 0 aromatic carbocycles. The highest BCUT2D eigenvalue weighted by Crippen LogP contribution is 2.17. The summed E-state index contributed by atoms with van der Waals surface area (Å²) in [6.45, 7) is 11.7. The molecule has 0 saturated carbocycles. The van der Waals surface area contributed by atoms with Crippen LogP contribution < -0.4 is 0 Å². The molecule has 1 fully saturated rings. The monoisotopic (exact) mass is 313 g/mol. The zero-order valence-electron chi connectivity index (χ0n) is 14.6. The lowest BCUT2D eigenvalue weighted by Crippen LogP contribution is -2.44. The molecule has 0 aromatic heterocycles. The van der Waals surface area contributed by atoms with Gasteiger partial charge in [0, 0.05) is 19.7 Å². The highest BCUT2D eigenvalue weighted by Gasteiger charge is 2.28. The Labute approximate surface area is 134 Å². The average molecular weight is 313 g/mol. The molecule has 5 nitrogen and oxygen atoms in total. The Bertz CT molecular complexity index is 362. The van der Waals surface area contributed by atoms with Gasteiger partial charge in [-0.25, -0.2) is 4.79 Å². The van der Waals surface area contributed by atoms with Gasteiger partial charge in [-0.2, -0.15) is 0 Å². The Morgan fingerprint density at radius 1 is 1.09 bits per heavy atom. The molecule has 0 N–H and O–H groups in total. The van der Waals surface area contributed by atoms with Crippen LogP contribution >= 0.6 is 0 Å². The van der Waals surface area contributed by atoms with E-state index in [1.807, 2.05) is 0 Å². The molecule has 1 amide bonds. The minimum Gasteiger partial charge on any atom is -0.451 e. The van der Waals surface area contributed by atoms with E-state index < -0.39 is 18.2 Å². The lowest BCUT2D eigenvalue weighted by Gasteiger charge is -2.32. The molecule has 0 spiro atoms. The van der Waals surface area contributed by atoms with E-state index in [0.717, 1.165) is 32.4 Å². The predicted molar refractivity (Wildman–Crippen MR) is 85.4 cm³/mol. The van der Waals surface area contributed by atoms with Gasteiger partial charge in [0.05, 0.1) is 0 Å². The highest BCUT2D eigenvalue weighted by molar-refractivity contribution is 5.84. The molecule has 22 heavy (non-hydrogen) atoms. The van der Waals surface area contributed by atoms with Crippen molar-refractivity contribution in [3.63, 3.8) is 0 Å². The average Bonchev–Trinajstić information content (AvgIpc) is 2.46. The number of amides is 1. The number of carbonyl (C=O) groups excluding carboxylic acids is 2. The first-order valence-electron chi connectivity index (χ1n) is 8.42. The maximum atomic E-state index is 12.3. The van der Waals surface area contributed by atoms with Crippen LogP contribution in [0.2, 0.25) is 0 Å². The number of piperidine rings is 1. The van der Waals surface area contributed by atoms with Crippen molar-refractivity contribution in [1.82, 2.24) is 4.90 Å². The summed E-state index contributed by atoms with van der Waals surface area (Å²) in [5, 5.41) is 0.